The van der Waals surface area contributed by atoms with Gasteiger partial charge in [0.2, 0.25) is 0 Å². The monoisotopic (exact) mass is 315 g/mol. The lowest BCUT2D eigenvalue weighted by molar-refractivity contribution is 0.227. The molecule has 120 valence electrons. The van der Waals surface area contributed by atoms with E-state index in [1.54, 1.807) is 26.8 Å². The van der Waals surface area contributed by atoms with E-state index in [0.29, 0.717) is 5.57 Å². The van der Waals surface area contributed by atoms with Gasteiger partial charge < -0.3 is 18.8 Å². The minimum absolute atomic E-state index is 0.0485. The highest BCUT2D eigenvalue weighted by atomic mass is 31.2. The van der Waals surface area contributed by atoms with Gasteiger partial charge in [-0.05, 0) is 32.4 Å². The fourth-order valence-corrected chi connectivity index (χ4v) is 3.42. The Morgan fingerprint density at radius 1 is 1.14 bits per heavy atom. The summed E-state index contributed by atoms with van der Waals surface area (Å²) in [4.78, 5) is 3.82. The van der Waals surface area contributed by atoms with Crippen molar-refractivity contribution in [2.24, 2.45) is 0 Å². The number of hydrogen-bond donors (Lipinski definition) is 0. The first-order valence-electron chi connectivity index (χ1n) is 6.80. The molecule has 0 fully saturated rings. The molecule has 0 atom stereocenters. The Morgan fingerprint density at radius 2 is 1.57 bits per heavy atom. The van der Waals surface area contributed by atoms with Crippen LogP contribution in [0.4, 0.5) is 0 Å². The third-order valence-electron chi connectivity index (χ3n) is 2.61. The van der Waals surface area contributed by atoms with Gasteiger partial charge in [-0.15, -0.1) is 0 Å². The van der Waals surface area contributed by atoms with Crippen molar-refractivity contribution in [3.63, 3.8) is 0 Å². The number of nitrogens with zero attached hydrogens (tertiary/aromatic N) is 3. The molecule has 0 heterocycles. The van der Waals surface area contributed by atoms with E-state index in [4.69, 9.17) is 9.05 Å². The Kier molecular flexibility index (Phi) is 8.34. The molecule has 0 saturated heterocycles. The van der Waals surface area contributed by atoms with Crippen LogP contribution in [0.25, 0.3) is 0 Å². The van der Waals surface area contributed by atoms with Gasteiger partial charge in [-0.2, -0.15) is 5.26 Å². The molecule has 0 aliphatic rings. The van der Waals surface area contributed by atoms with Gasteiger partial charge in [-0.3, -0.25) is 4.57 Å². The topological polar surface area (TPSA) is 65.8 Å². The molecular weight excluding hydrogens is 289 g/mol. The van der Waals surface area contributed by atoms with Crippen molar-refractivity contribution < 1.29 is 13.6 Å². The molecule has 0 aromatic heterocycles. The largest absolute Gasteiger partial charge is 0.372 e. The van der Waals surface area contributed by atoms with Gasteiger partial charge >= 0.3 is 7.60 Å². The average Bonchev–Trinajstić information content (AvgIpc) is 2.36. The molecule has 0 spiro atoms. The molecule has 0 rings (SSSR count). The fourth-order valence-electron chi connectivity index (χ4n) is 1.79. The second kappa shape index (κ2) is 8.89. The molecule has 0 aliphatic heterocycles. The van der Waals surface area contributed by atoms with Crippen LogP contribution in [0.1, 0.15) is 20.8 Å². The van der Waals surface area contributed by atoms with E-state index in [0.717, 1.165) is 5.82 Å². The molecule has 0 amide bonds. The predicted molar refractivity (Wildman–Crippen MR) is 84.6 cm³/mol. The summed E-state index contributed by atoms with van der Waals surface area (Å²) in [6.07, 6.45) is 1.79. The molecule has 0 saturated carbocycles. The first-order chi connectivity index (χ1) is 9.73. The van der Waals surface area contributed by atoms with Crippen LogP contribution in [0.3, 0.4) is 0 Å². The summed E-state index contributed by atoms with van der Waals surface area (Å²) in [5.41, 5.74) is 0.570. The lowest BCUT2D eigenvalue weighted by Crippen LogP contribution is -2.24. The molecule has 6 nitrogen and oxygen atoms in total. The molecule has 0 aliphatic carbocycles. The number of hydrogen-bond acceptors (Lipinski definition) is 6. The van der Waals surface area contributed by atoms with Crippen LogP contribution >= 0.6 is 7.60 Å². The first kappa shape index (κ1) is 19.7. The van der Waals surface area contributed by atoms with Crippen LogP contribution in [0.2, 0.25) is 0 Å². The zero-order valence-corrected chi connectivity index (χ0v) is 14.9. The lowest BCUT2D eigenvalue weighted by atomic mass is 10.2. The fraction of sp³-hybridized carbons (Fsp3) is 0.643. The van der Waals surface area contributed by atoms with E-state index >= 15 is 0 Å². The van der Waals surface area contributed by atoms with Crippen molar-refractivity contribution >= 4 is 7.60 Å². The van der Waals surface area contributed by atoms with E-state index in [2.05, 4.69) is 0 Å². The smallest absolute Gasteiger partial charge is 0.364 e. The maximum Gasteiger partial charge on any atom is 0.372 e. The standard InChI is InChI=1S/C14H26N3O3P/c1-8-19-21(18,20-9-2)13(11-15)12(3)10-14(16(4)5)17(6)7/h10H,8-9H2,1-7H3/b13-12-. The lowest BCUT2D eigenvalue weighted by Gasteiger charge is -2.25. The van der Waals surface area contributed by atoms with E-state index < -0.39 is 7.60 Å². The maximum atomic E-state index is 12.7. The van der Waals surface area contributed by atoms with Gasteiger partial charge in [0.1, 0.15) is 17.2 Å². The SMILES string of the molecule is CCOP(=O)(OCC)/C(C#N)=C(/C)C=C(N(C)C)N(C)C. The van der Waals surface area contributed by atoms with Gasteiger partial charge in [0, 0.05) is 28.2 Å². The normalized spacial score (nSPS) is 12.3. The minimum atomic E-state index is -3.57. The van der Waals surface area contributed by atoms with Crippen LogP contribution in [0.15, 0.2) is 22.8 Å². The molecular formula is C14H26N3O3P. The molecule has 7 heteroatoms. The van der Waals surface area contributed by atoms with Crippen molar-refractivity contribution in [3.8, 4) is 6.07 Å². The molecule has 21 heavy (non-hydrogen) atoms. The Hall–Kier alpha value is -1.28. The summed E-state index contributed by atoms with van der Waals surface area (Å²) in [5, 5.41) is 9.43. The summed E-state index contributed by atoms with van der Waals surface area (Å²) in [5.74, 6) is 0.875. The zero-order chi connectivity index (χ0) is 16.6. The third-order valence-corrected chi connectivity index (χ3v) is 4.81. The van der Waals surface area contributed by atoms with Crippen molar-refractivity contribution in [1.82, 2.24) is 9.80 Å². The first-order valence-corrected chi connectivity index (χ1v) is 8.34. The minimum Gasteiger partial charge on any atom is -0.364 e. The Morgan fingerprint density at radius 3 is 1.86 bits per heavy atom. The molecule has 0 N–H and O–H groups in total. The second-order valence-corrected chi connectivity index (χ2v) is 6.73. The Balaban J connectivity index is 5.92. The third kappa shape index (κ3) is 5.55. The Labute approximate surface area is 128 Å². The van der Waals surface area contributed by atoms with Crippen LogP contribution in [0.5, 0.6) is 0 Å². The van der Waals surface area contributed by atoms with Crippen LogP contribution in [0, 0.1) is 11.3 Å². The summed E-state index contributed by atoms with van der Waals surface area (Å²) in [6, 6.07) is 1.98. The van der Waals surface area contributed by atoms with Crippen molar-refractivity contribution in [3.05, 3.63) is 22.8 Å². The number of nitriles is 1. The average molecular weight is 315 g/mol. The van der Waals surface area contributed by atoms with Crippen LogP contribution < -0.4 is 0 Å². The van der Waals surface area contributed by atoms with Crippen LogP contribution in [-0.2, 0) is 13.6 Å². The molecule has 0 unspecified atom stereocenters. The van der Waals surface area contributed by atoms with Gasteiger partial charge in [0.05, 0.1) is 13.2 Å². The number of rotatable bonds is 8. The Bertz CT molecular complexity index is 470. The van der Waals surface area contributed by atoms with E-state index in [1.807, 2.05) is 44.1 Å². The molecule has 0 aromatic carbocycles. The van der Waals surface area contributed by atoms with E-state index in [9.17, 15) is 9.83 Å². The van der Waals surface area contributed by atoms with Gasteiger partial charge in [0.25, 0.3) is 0 Å². The summed E-state index contributed by atoms with van der Waals surface area (Å²) < 4.78 is 23.2. The van der Waals surface area contributed by atoms with Crippen molar-refractivity contribution in [2.75, 3.05) is 41.4 Å². The zero-order valence-electron chi connectivity index (χ0n) is 14.0. The quantitative estimate of drug-likeness (QED) is 0.390. The predicted octanol–water partition coefficient (Wildman–Crippen LogP) is 3.01. The number of allylic oxidation sites excluding steroid dienone is 3. The summed E-state index contributed by atoms with van der Waals surface area (Å²) >= 11 is 0. The molecule has 0 aromatic rings. The highest BCUT2D eigenvalue weighted by Gasteiger charge is 2.31. The molecule has 0 radical (unpaired) electrons. The summed E-state index contributed by atoms with van der Waals surface area (Å²) in [6.45, 7) is 5.60. The second-order valence-electron chi connectivity index (χ2n) is 4.77. The van der Waals surface area contributed by atoms with Gasteiger partial charge in [0.15, 0.2) is 0 Å². The highest BCUT2D eigenvalue weighted by Crippen LogP contribution is 2.56. The van der Waals surface area contributed by atoms with Crippen LogP contribution in [-0.4, -0.2) is 51.2 Å². The van der Waals surface area contributed by atoms with E-state index in [-0.39, 0.29) is 18.5 Å². The van der Waals surface area contributed by atoms with Gasteiger partial charge in [-0.1, -0.05) is 0 Å². The van der Waals surface area contributed by atoms with Crippen molar-refractivity contribution in [2.45, 2.75) is 20.8 Å². The summed E-state index contributed by atoms with van der Waals surface area (Å²) in [7, 11) is 4.03. The molecule has 0 bridgehead atoms. The maximum absolute atomic E-state index is 12.7. The van der Waals surface area contributed by atoms with E-state index in [1.165, 1.54) is 0 Å². The highest BCUT2D eigenvalue weighted by molar-refractivity contribution is 7.59. The van der Waals surface area contributed by atoms with Gasteiger partial charge in [-0.25, -0.2) is 0 Å². The van der Waals surface area contributed by atoms with Crippen molar-refractivity contribution in [1.29, 1.82) is 5.26 Å².